The van der Waals surface area contributed by atoms with Gasteiger partial charge >= 0.3 is 0 Å². The first-order valence-electron chi connectivity index (χ1n) is 6.36. The molecule has 0 radical (unpaired) electrons. The molecule has 4 heteroatoms. The Hall–Kier alpha value is -2.62. The standard InChI is InChI=1S/C16H15N3O/c1-10-7-8-13(12-6-4-3-5-11(10)12)14-9-15(20-2)19-16(17)18-14/h3-9H,1-2H3,(H2,17,18,19). The van der Waals surface area contributed by atoms with Crippen molar-refractivity contribution in [1.82, 2.24) is 9.97 Å². The molecule has 0 fully saturated rings. The van der Waals surface area contributed by atoms with E-state index in [0.29, 0.717) is 5.88 Å². The van der Waals surface area contributed by atoms with E-state index in [1.54, 1.807) is 13.2 Å². The van der Waals surface area contributed by atoms with Crippen molar-refractivity contribution in [3.05, 3.63) is 48.0 Å². The molecule has 0 unspecified atom stereocenters. The lowest BCUT2D eigenvalue weighted by atomic mass is 9.98. The molecule has 1 heterocycles. The van der Waals surface area contributed by atoms with Gasteiger partial charge in [0.25, 0.3) is 0 Å². The number of ether oxygens (including phenoxy) is 1. The van der Waals surface area contributed by atoms with Crippen molar-refractivity contribution in [3.63, 3.8) is 0 Å². The molecule has 3 aromatic rings. The van der Waals surface area contributed by atoms with Gasteiger partial charge in [0.2, 0.25) is 11.8 Å². The molecular formula is C16H15N3O. The number of nitrogens with zero attached hydrogens (tertiary/aromatic N) is 2. The van der Waals surface area contributed by atoms with Gasteiger partial charge in [0.1, 0.15) is 0 Å². The van der Waals surface area contributed by atoms with Gasteiger partial charge in [-0.1, -0.05) is 36.4 Å². The first kappa shape index (κ1) is 12.4. The minimum absolute atomic E-state index is 0.212. The molecule has 0 aliphatic heterocycles. The van der Waals surface area contributed by atoms with Crippen molar-refractivity contribution in [3.8, 4) is 17.1 Å². The molecule has 0 bridgehead atoms. The molecule has 1 aromatic heterocycles. The molecule has 20 heavy (non-hydrogen) atoms. The second kappa shape index (κ2) is 4.81. The van der Waals surface area contributed by atoms with Crippen LogP contribution in [0.2, 0.25) is 0 Å². The molecule has 0 aliphatic carbocycles. The minimum atomic E-state index is 0.212. The van der Waals surface area contributed by atoms with Gasteiger partial charge in [-0.2, -0.15) is 4.98 Å². The van der Waals surface area contributed by atoms with Gasteiger partial charge < -0.3 is 10.5 Å². The highest BCUT2D eigenvalue weighted by atomic mass is 16.5. The van der Waals surface area contributed by atoms with Gasteiger partial charge in [-0.25, -0.2) is 4.98 Å². The van der Waals surface area contributed by atoms with Crippen LogP contribution in [0.4, 0.5) is 5.95 Å². The van der Waals surface area contributed by atoms with Crippen molar-refractivity contribution < 1.29 is 4.74 Å². The Balaban J connectivity index is 2.30. The van der Waals surface area contributed by atoms with E-state index in [2.05, 4.69) is 41.2 Å². The molecular weight excluding hydrogens is 250 g/mol. The normalized spacial score (nSPS) is 10.7. The maximum atomic E-state index is 5.74. The second-order valence-electron chi connectivity index (χ2n) is 4.63. The SMILES string of the molecule is COc1cc(-c2ccc(C)c3ccccc23)nc(N)n1. The van der Waals surface area contributed by atoms with E-state index in [9.17, 15) is 0 Å². The number of anilines is 1. The van der Waals surface area contributed by atoms with Gasteiger partial charge in [-0.3, -0.25) is 0 Å². The molecule has 0 saturated carbocycles. The van der Waals surface area contributed by atoms with Crippen molar-refractivity contribution in [2.45, 2.75) is 6.92 Å². The van der Waals surface area contributed by atoms with Crippen LogP contribution in [0.3, 0.4) is 0 Å². The average molecular weight is 265 g/mol. The summed E-state index contributed by atoms with van der Waals surface area (Å²) in [5.74, 6) is 0.682. The lowest BCUT2D eigenvalue weighted by Crippen LogP contribution is -1.99. The van der Waals surface area contributed by atoms with Gasteiger partial charge in [0, 0.05) is 11.6 Å². The Bertz CT molecular complexity index is 784. The van der Waals surface area contributed by atoms with Gasteiger partial charge in [0.05, 0.1) is 12.8 Å². The van der Waals surface area contributed by atoms with Gasteiger partial charge in [0.15, 0.2) is 0 Å². The van der Waals surface area contributed by atoms with Crippen molar-refractivity contribution in [2.24, 2.45) is 0 Å². The van der Waals surface area contributed by atoms with Crippen LogP contribution in [-0.4, -0.2) is 17.1 Å². The maximum Gasteiger partial charge on any atom is 0.223 e. The number of nitrogens with two attached hydrogens (primary N) is 1. The second-order valence-corrected chi connectivity index (χ2v) is 4.63. The van der Waals surface area contributed by atoms with Crippen LogP contribution >= 0.6 is 0 Å². The van der Waals surface area contributed by atoms with Crippen LogP contribution in [0.5, 0.6) is 5.88 Å². The van der Waals surface area contributed by atoms with Crippen LogP contribution in [-0.2, 0) is 0 Å². The Morgan fingerprint density at radius 3 is 2.50 bits per heavy atom. The third-order valence-corrected chi connectivity index (χ3v) is 3.35. The third-order valence-electron chi connectivity index (χ3n) is 3.35. The summed E-state index contributed by atoms with van der Waals surface area (Å²) in [4.78, 5) is 8.34. The summed E-state index contributed by atoms with van der Waals surface area (Å²) in [7, 11) is 1.57. The number of hydrogen-bond acceptors (Lipinski definition) is 4. The summed E-state index contributed by atoms with van der Waals surface area (Å²) in [6.07, 6.45) is 0. The van der Waals surface area contributed by atoms with Crippen molar-refractivity contribution in [1.29, 1.82) is 0 Å². The number of nitrogen functional groups attached to an aromatic ring is 1. The maximum absolute atomic E-state index is 5.74. The molecule has 0 aliphatic rings. The number of fused-ring (bicyclic) bond motifs is 1. The van der Waals surface area contributed by atoms with Crippen LogP contribution in [0.15, 0.2) is 42.5 Å². The molecule has 100 valence electrons. The van der Waals surface area contributed by atoms with E-state index < -0.39 is 0 Å². The lowest BCUT2D eigenvalue weighted by Gasteiger charge is -2.10. The van der Waals surface area contributed by atoms with E-state index in [0.717, 1.165) is 16.6 Å². The Morgan fingerprint density at radius 2 is 1.75 bits per heavy atom. The number of aromatic nitrogens is 2. The number of methoxy groups -OCH3 is 1. The Morgan fingerprint density at radius 1 is 1.00 bits per heavy atom. The fourth-order valence-corrected chi connectivity index (χ4v) is 2.36. The van der Waals surface area contributed by atoms with Crippen LogP contribution in [0.25, 0.3) is 22.0 Å². The molecule has 3 rings (SSSR count). The van der Waals surface area contributed by atoms with E-state index in [-0.39, 0.29) is 5.95 Å². The molecule has 4 nitrogen and oxygen atoms in total. The number of rotatable bonds is 2. The highest BCUT2D eigenvalue weighted by molar-refractivity contribution is 5.97. The zero-order chi connectivity index (χ0) is 14.1. The van der Waals surface area contributed by atoms with Gasteiger partial charge in [-0.05, 0) is 23.3 Å². The summed E-state index contributed by atoms with van der Waals surface area (Å²) < 4.78 is 5.16. The number of hydrogen-bond donors (Lipinski definition) is 1. The highest BCUT2D eigenvalue weighted by Crippen LogP contribution is 2.31. The van der Waals surface area contributed by atoms with Crippen molar-refractivity contribution >= 4 is 16.7 Å². The van der Waals surface area contributed by atoms with E-state index >= 15 is 0 Å². The minimum Gasteiger partial charge on any atom is -0.481 e. The smallest absolute Gasteiger partial charge is 0.223 e. The van der Waals surface area contributed by atoms with E-state index in [4.69, 9.17) is 10.5 Å². The molecule has 0 saturated heterocycles. The summed E-state index contributed by atoms with van der Waals surface area (Å²) in [6.45, 7) is 2.10. The quantitative estimate of drug-likeness (QED) is 0.773. The van der Waals surface area contributed by atoms with E-state index in [1.807, 2.05) is 12.1 Å². The molecule has 0 amide bonds. The third kappa shape index (κ3) is 2.05. The first-order chi connectivity index (χ1) is 9.69. The zero-order valence-electron chi connectivity index (χ0n) is 11.4. The van der Waals surface area contributed by atoms with Crippen LogP contribution in [0, 0.1) is 6.92 Å². The topological polar surface area (TPSA) is 61.0 Å². The summed E-state index contributed by atoms with van der Waals surface area (Å²) in [5.41, 5.74) is 8.77. The molecule has 2 N–H and O–H groups in total. The van der Waals surface area contributed by atoms with Crippen molar-refractivity contribution in [2.75, 3.05) is 12.8 Å². The predicted octanol–water partition coefficient (Wildman–Crippen LogP) is 3.20. The van der Waals surface area contributed by atoms with Gasteiger partial charge in [-0.15, -0.1) is 0 Å². The number of benzene rings is 2. The Kier molecular flexibility index (Phi) is 2.99. The predicted molar refractivity (Wildman–Crippen MR) is 80.7 cm³/mol. The lowest BCUT2D eigenvalue weighted by molar-refractivity contribution is 0.398. The first-order valence-corrected chi connectivity index (χ1v) is 6.36. The fraction of sp³-hybridized carbons (Fsp3) is 0.125. The highest BCUT2D eigenvalue weighted by Gasteiger charge is 2.09. The van der Waals surface area contributed by atoms with Crippen LogP contribution in [0.1, 0.15) is 5.56 Å². The molecule has 0 atom stereocenters. The Labute approximate surface area is 117 Å². The fourth-order valence-electron chi connectivity index (χ4n) is 2.36. The largest absolute Gasteiger partial charge is 0.481 e. The zero-order valence-corrected chi connectivity index (χ0v) is 11.4. The number of aryl methyl sites for hydroxylation is 1. The summed E-state index contributed by atoms with van der Waals surface area (Å²) in [6, 6.07) is 14.2. The molecule has 2 aromatic carbocycles. The van der Waals surface area contributed by atoms with E-state index in [1.165, 1.54) is 10.9 Å². The molecule has 0 spiro atoms. The summed E-state index contributed by atoms with van der Waals surface area (Å²) >= 11 is 0. The average Bonchev–Trinajstić information content (AvgIpc) is 2.47. The monoisotopic (exact) mass is 265 g/mol. The summed E-state index contributed by atoms with van der Waals surface area (Å²) in [5, 5.41) is 2.36. The van der Waals surface area contributed by atoms with Crippen LogP contribution < -0.4 is 10.5 Å².